The maximum atomic E-state index is 14.5. The molecule has 1 aliphatic heterocycles. The summed E-state index contributed by atoms with van der Waals surface area (Å²) in [6.45, 7) is 0.764. The summed E-state index contributed by atoms with van der Waals surface area (Å²) in [4.78, 5) is 8.28. The molecule has 3 aromatic rings. The molecule has 6 bridgehead atoms. The van der Waals surface area contributed by atoms with Crippen LogP contribution in [0, 0.1) is 16.4 Å². The Morgan fingerprint density at radius 1 is 1.06 bits per heavy atom. The summed E-state index contributed by atoms with van der Waals surface area (Å²) in [7, 11) is -2.77. The SMILES string of the molecule is C[S@@](=N)(=O)Cc1cc2cc(c1)OCCCCCOc1cc(ccc1F)-c1nc(ncc1F)N2. The highest BCUT2D eigenvalue weighted by molar-refractivity contribution is 7.90. The average molecular weight is 475 g/mol. The van der Waals surface area contributed by atoms with E-state index in [1.54, 1.807) is 18.2 Å². The Bertz CT molecular complexity index is 1270. The zero-order valence-electron chi connectivity index (χ0n) is 18.1. The molecule has 7 nitrogen and oxygen atoms in total. The quantitative estimate of drug-likeness (QED) is 0.524. The first-order chi connectivity index (χ1) is 15.8. The van der Waals surface area contributed by atoms with E-state index in [1.165, 1.54) is 24.5 Å². The monoisotopic (exact) mass is 474 g/mol. The maximum Gasteiger partial charge on any atom is 0.227 e. The summed E-state index contributed by atoms with van der Waals surface area (Å²) in [5.41, 5.74) is 1.57. The Morgan fingerprint density at radius 3 is 2.64 bits per heavy atom. The second-order valence-electron chi connectivity index (χ2n) is 7.93. The third-order valence-electron chi connectivity index (χ3n) is 4.93. The highest BCUT2D eigenvalue weighted by atomic mass is 32.2. The van der Waals surface area contributed by atoms with Crippen LogP contribution in [0.2, 0.25) is 0 Å². The van der Waals surface area contributed by atoms with Gasteiger partial charge in [-0.05, 0) is 55.2 Å². The van der Waals surface area contributed by atoms with Crippen LogP contribution in [-0.4, -0.2) is 33.6 Å². The summed E-state index contributed by atoms with van der Waals surface area (Å²) in [6.07, 6.45) is 4.68. The van der Waals surface area contributed by atoms with Gasteiger partial charge in [0, 0.05) is 33.3 Å². The molecule has 0 aliphatic carbocycles. The first kappa shape index (κ1) is 22.9. The summed E-state index contributed by atoms with van der Waals surface area (Å²) < 4.78 is 60.0. The summed E-state index contributed by atoms with van der Waals surface area (Å²) >= 11 is 0. The molecule has 0 spiro atoms. The van der Waals surface area contributed by atoms with Crippen LogP contribution in [0.4, 0.5) is 20.4 Å². The van der Waals surface area contributed by atoms with Gasteiger partial charge in [0.05, 0.1) is 25.2 Å². The van der Waals surface area contributed by atoms with Gasteiger partial charge >= 0.3 is 0 Å². The predicted molar refractivity (Wildman–Crippen MR) is 122 cm³/mol. The van der Waals surface area contributed by atoms with Crippen LogP contribution < -0.4 is 14.8 Å². The van der Waals surface area contributed by atoms with Crippen LogP contribution in [0.15, 0.2) is 42.6 Å². The molecule has 0 unspecified atom stereocenters. The molecule has 10 heteroatoms. The molecule has 0 saturated carbocycles. The van der Waals surface area contributed by atoms with Crippen LogP contribution in [0.5, 0.6) is 11.5 Å². The molecule has 1 aromatic heterocycles. The van der Waals surface area contributed by atoms with Crippen LogP contribution >= 0.6 is 0 Å². The number of aromatic nitrogens is 2. The van der Waals surface area contributed by atoms with Crippen molar-refractivity contribution in [1.29, 1.82) is 4.78 Å². The first-order valence-corrected chi connectivity index (χ1v) is 12.6. The van der Waals surface area contributed by atoms with Crippen molar-refractivity contribution >= 4 is 21.4 Å². The highest BCUT2D eigenvalue weighted by Gasteiger charge is 2.14. The smallest absolute Gasteiger partial charge is 0.227 e. The third-order valence-corrected chi connectivity index (χ3v) is 5.81. The fourth-order valence-electron chi connectivity index (χ4n) is 3.49. The van der Waals surface area contributed by atoms with Gasteiger partial charge in [0.25, 0.3) is 0 Å². The van der Waals surface area contributed by atoms with Crippen LogP contribution in [-0.2, 0) is 15.5 Å². The summed E-state index contributed by atoms with van der Waals surface area (Å²) in [5.74, 6) is -0.421. The number of nitrogens with zero attached hydrogens (tertiary/aromatic N) is 2. The lowest BCUT2D eigenvalue weighted by Crippen LogP contribution is -2.04. The minimum Gasteiger partial charge on any atom is -0.494 e. The van der Waals surface area contributed by atoms with Gasteiger partial charge in [0.15, 0.2) is 17.4 Å². The van der Waals surface area contributed by atoms with Gasteiger partial charge < -0.3 is 14.8 Å². The average Bonchev–Trinajstić information content (AvgIpc) is 2.74. The number of fused-ring (bicyclic) bond motifs is 7. The lowest BCUT2D eigenvalue weighted by Gasteiger charge is -2.13. The van der Waals surface area contributed by atoms with Crippen molar-refractivity contribution in [3.05, 3.63) is 59.8 Å². The Kier molecular flexibility index (Phi) is 6.73. The van der Waals surface area contributed by atoms with Gasteiger partial charge in [-0.25, -0.2) is 23.0 Å². The van der Waals surface area contributed by atoms with Gasteiger partial charge in [-0.1, -0.05) is 0 Å². The first-order valence-electron chi connectivity index (χ1n) is 10.5. The number of nitrogens with one attached hydrogen (secondary N) is 2. The largest absolute Gasteiger partial charge is 0.494 e. The molecule has 1 atom stereocenters. The Hall–Kier alpha value is -3.27. The van der Waals surface area contributed by atoms with Gasteiger partial charge in [-0.2, -0.15) is 0 Å². The number of halogens is 2. The van der Waals surface area contributed by atoms with E-state index in [0.717, 1.165) is 19.0 Å². The van der Waals surface area contributed by atoms with E-state index in [0.29, 0.717) is 42.2 Å². The topological polar surface area (TPSA) is 97.2 Å². The van der Waals surface area contributed by atoms with E-state index in [4.69, 9.17) is 14.3 Å². The predicted octanol–water partition coefficient (Wildman–Crippen LogP) is 5.28. The minimum atomic E-state index is -2.77. The zero-order chi connectivity index (χ0) is 23.4. The van der Waals surface area contributed by atoms with Gasteiger partial charge in [0.2, 0.25) is 5.95 Å². The fourth-order valence-corrected chi connectivity index (χ4v) is 4.29. The summed E-state index contributed by atoms with van der Waals surface area (Å²) in [5, 5.41) is 3.02. The normalized spacial score (nSPS) is 15.8. The van der Waals surface area contributed by atoms with E-state index < -0.39 is 21.4 Å². The van der Waals surface area contributed by atoms with Crippen molar-refractivity contribution in [1.82, 2.24) is 9.97 Å². The summed E-state index contributed by atoms with van der Waals surface area (Å²) in [6, 6.07) is 9.31. The van der Waals surface area contributed by atoms with Crippen molar-refractivity contribution in [3.63, 3.8) is 0 Å². The molecule has 4 rings (SSSR count). The second-order valence-corrected chi connectivity index (χ2v) is 10.2. The number of benzene rings is 2. The lowest BCUT2D eigenvalue weighted by molar-refractivity contribution is 0.272. The van der Waals surface area contributed by atoms with Gasteiger partial charge in [-0.15, -0.1) is 0 Å². The highest BCUT2D eigenvalue weighted by Crippen LogP contribution is 2.29. The fraction of sp³-hybridized carbons (Fsp3) is 0.304. The van der Waals surface area contributed by atoms with Gasteiger partial charge in [0.1, 0.15) is 11.4 Å². The van der Waals surface area contributed by atoms with E-state index in [9.17, 15) is 13.0 Å². The minimum absolute atomic E-state index is 0.00275. The number of rotatable bonds is 2. The van der Waals surface area contributed by atoms with Crippen molar-refractivity contribution in [2.45, 2.75) is 25.0 Å². The molecule has 2 N–H and O–H groups in total. The molecule has 2 heterocycles. The molecular formula is C23H24F2N4O3S. The van der Waals surface area contributed by atoms with Crippen LogP contribution in [0.25, 0.3) is 11.3 Å². The van der Waals surface area contributed by atoms with Gasteiger partial charge in [-0.3, -0.25) is 4.78 Å². The molecule has 0 fully saturated rings. The van der Waals surface area contributed by atoms with E-state index in [-0.39, 0.29) is 23.1 Å². The molecule has 2 aromatic carbocycles. The Balaban J connectivity index is 1.75. The van der Waals surface area contributed by atoms with Crippen LogP contribution in [0.3, 0.4) is 0 Å². The van der Waals surface area contributed by atoms with Crippen molar-refractivity contribution in [2.75, 3.05) is 24.8 Å². The zero-order valence-corrected chi connectivity index (χ0v) is 18.9. The molecule has 0 amide bonds. The van der Waals surface area contributed by atoms with E-state index in [1.807, 2.05) is 0 Å². The number of hydrogen-bond donors (Lipinski definition) is 2. The number of anilines is 2. The maximum absolute atomic E-state index is 14.5. The number of ether oxygens (including phenoxy) is 2. The molecule has 1 aliphatic rings. The second kappa shape index (κ2) is 9.70. The molecule has 0 radical (unpaired) electrons. The van der Waals surface area contributed by atoms with Crippen molar-refractivity contribution in [2.24, 2.45) is 0 Å². The molecular weight excluding hydrogens is 450 g/mol. The molecule has 174 valence electrons. The van der Waals surface area contributed by atoms with E-state index >= 15 is 0 Å². The van der Waals surface area contributed by atoms with Crippen molar-refractivity contribution in [3.8, 4) is 22.8 Å². The molecule has 0 saturated heterocycles. The van der Waals surface area contributed by atoms with E-state index in [2.05, 4.69) is 15.3 Å². The standard InChI is InChI=1S/C23H24F2N4O3S/c1-33(26,30)14-15-9-17-12-18(10-15)31-7-3-2-4-8-32-21-11-16(5-6-19(21)24)22-20(25)13-27-23(28-17)29-22/h5-6,9-13,26H,2-4,7-8,14H2,1H3,(H,27,28,29)/t33-/m1/s1. The molecule has 33 heavy (non-hydrogen) atoms. The lowest BCUT2D eigenvalue weighted by atomic mass is 10.1. The number of hydrogen-bond acceptors (Lipinski definition) is 7. The van der Waals surface area contributed by atoms with Crippen LogP contribution in [0.1, 0.15) is 24.8 Å². The van der Waals surface area contributed by atoms with Crippen molar-refractivity contribution < 1.29 is 22.5 Å². The Morgan fingerprint density at radius 2 is 1.85 bits per heavy atom. The third kappa shape index (κ3) is 6.16. The Labute approximate surface area is 191 Å².